The summed E-state index contributed by atoms with van der Waals surface area (Å²) in [6.07, 6.45) is 11.7. The number of nitrogens with one attached hydrogen (secondary N) is 1. The fourth-order valence-corrected chi connectivity index (χ4v) is 3.23. The van der Waals surface area contributed by atoms with Crippen molar-refractivity contribution in [1.29, 1.82) is 0 Å². The molecule has 3 rings (SSSR count). The Hall–Kier alpha value is -2.66. The van der Waals surface area contributed by atoms with E-state index >= 15 is 0 Å². The van der Waals surface area contributed by atoms with Gasteiger partial charge >= 0.3 is 0 Å². The predicted molar refractivity (Wildman–Crippen MR) is 116 cm³/mol. The van der Waals surface area contributed by atoms with Crippen LogP contribution >= 0.6 is 0 Å². The molecule has 5 heteroatoms. The topological polar surface area (TPSA) is 50.3 Å². The van der Waals surface area contributed by atoms with Gasteiger partial charge in [0.05, 0.1) is 12.3 Å². The van der Waals surface area contributed by atoms with Crippen molar-refractivity contribution in [2.75, 3.05) is 38.6 Å². The number of anilines is 1. The highest BCUT2D eigenvalue weighted by atomic mass is 16.5. The summed E-state index contributed by atoms with van der Waals surface area (Å²) in [5.41, 5.74) is 3.36. The second-order valence-corrected chi connectivity index (χ2v) is 7.09. The van der Waals surface area contributed by atoms with Crippen molar-refractivity contribution in [2.45, 2.75) is 26.2 Å². The molecule has 0 aliphatic carbocycles. The van der Waals surface area contributed by atoms with Crippen LogP contribution in [-0.2, 0) is 0 Å². The van der Waals surface area contributed by atoms with Gasteiger partial charge in [-0.1, -0.05) is 49.3 Å². The lowest BCUT2D eigenvalue weighted by Crippen LogP contribution is -2.21. The molecule has 0 amide bonds. The molecular weight excluding hydrogens is 348 g/mol. The standard InChI is InChI=1S/C23H30N4O/c1-3-8-19-11-13-24-23-25-14-12-22(26-23)20-9-7-10-21(17-20)28-16-6-4-5-15-27(2)18-19/h4-5,7,9-12,14,17H,3,6,8,13,15-16,18H2,1-2H3,(H,24,25,26)/b5-4+,19-11+. The van der Waals surface area contributed by atoms with E-state index in [9.17, 15) is 0 Å². The number of benzene rings is 1. The molecule has 0 atom stereocenters. The van der Waals surface area contributed by atoms with Gasteiger partial charge in [0.25, 0.3) is 0 Å². The highest BCUT2D eigenvalue weighted by Gasteiger charge is 2.05. The maximum Gasteiger partial charge on any atom is 0.223 e. The first-order chi connectivity index (χ1) is 13.7. The summed E-state index contributed by atoms with van der Waals surface area (Å²) in [7, 11) is 2.16. The monoisotopic (exact) mass is 378 g/mol. The van der Waals surface area contributed by atoms with Gasteiger partial charge in [-0.25, -0.2) is 9.97 Å². The Balaban J connectivity index is 1.83. The second-order valence-electron chi connectivity index (χ2n) is 7.09. The summed E-state index contributed by atoms with van der Waals surface area (Å²) in [6.45, 7) is 5.53. The summed E-state index contributed by atoms with van der Waals surface area (Å²) in [5, 5.41) is 3.34. The zero-order valence-corrected chi connectivity index (χ0v) is 16.9. The molecule has 0 saturated heterocycles. The van der Waals surface area contributed by atoms with Gasteiger partial charge in [0.15, 0.2) is 0 Å². The number of hydrogen-bond donors (Lipinski definition) is 1. The van der Waals surface area contributed by atoms with Gasteiger partial charge in [-0.15, -0.1) is 0 Å². The van der Waals surface area contributed by atoms with E-state index in [0.29, 0.717) is 12.6 Å². The Morgan fingerprint density at radius 1 is 1.21 bits per heavy atom. The molecule has 0 saturated carbocycles. The van der Waals surface area contributed by atoms with E-state index in [2.05, 4.69) is 52.4 Å². The number of aromatic nitrogens is 2. The van der Waals surface area contributed by atoms with Gasteiger partial charge in [0, 0.05) is 31.4 Å². The third-order valence-corrected chi connectivity index (χ3v) is 4.62. The van der Waals surface area contributed by atoms with Crippen LogP contribution in [0.15, 0.2) is 60.3 Å². The molecule has 4 bridgehead atoms. The number of likely N-dealkylation sites (N-methyl/N-ethyl adjacent to an activating group) is 1. The normalized spacial score (nSPS) is 19.3. The van der Waals surface area contributed by atoms with Crippen LogP contribution in [0.2, 0.25) is 0 Å². The molecule has 0 unspecified atom stereocenters. The van der Waals surface area contributed by atoms with Gasteiger partial charge in [-0.05, 0) is 38.1 Å². The number of hydrogen-bond acceptors (Lipinski definition) is 5. The Bertz CT molecular complexity index is 816. The van der Waals surface area contributed by atoms with Crippen molar-refractivity contribution < 1.29 is 4.74 Å². The Morgan fingerprint density at radius 3 is 3.04 bits per heavy atom. The first-order valence-electron chi connectivity index (χ1n) is 10.1. The molecular formula is C23H30N4O. The molecule has 0 spiro atoms. The van der Waals surface area contributed by atoms with Crippen LogP contribution in [0.3, 0.4) is 0 Å². The Labute approximate surface area is 168 Å². The van der Waals surface area contributed by atoms with Crippen molar-refractivity contribution in [2.24, 2.45) is 0 Å². The highest BCUT2D eigenvalue weighted by molar-refractivity contribution is 5.62. The van der Waals surface area contributed by atoms with Gasteiger partial charge in [-0.2, -0.15) is 0 Å². The predicted octanol–water partition coefficient (Wildman–Crippen LogP) is 4.55. The van der Waals surface area contributed by atoms with Gasteiger partial charge in [0.1, 0.15) is 5.75 Å². The SMILES string of the molecule is CCC/C1=C\CNc2nccc(n2)-c2cccc(c2)OCC/C=C/CN(C)C1. The quantitative estimate of drug-likeness (QED) is 0.777. The second kappa shape index (κ2) is 10.6. The number of rotatable bonds is 2. The van der Waals surface area contributed by atoms with E-state index in [1.807, 2.05) is 30.3 Å². The van der Waals surface area contributed by atoms with Crippen LogP contribution in [0.1, 0.15) is 26.2 Å². The fraction of sp³-hybridized carbons (Fsp3) is 0.391. The molecule has 2 heterocycles. The average molecular weight is 379 g/mol. The average Bonchev–Trinajstić information content (AvgIpc) is 2.70. The highest BCUT2D eigenvalue weighted by Crippen LogP contribution is 2.23. The molecule has 2 aromatic rings. The summed E-state index contributed by atoms with van der Waals surface area (Å²) >= 11 is 0. The maximum absolute atomic E-state index is 5.91. The number of nitrogens with zero attached hydrogens (tertiary/aromatic N) is 3. The lowest BCUT2D eigenvalue weighted by molar-refractivity contribution is 0.324. The molecule has 1 aliphatic rings. The van der Waals surface area contributed by atoms with E-state index in [4.69, 9.17) is 4.74 Å². The van der Waals surface area contributed by atoms with Crippen LogP contribution in [0.4, 0.5) is 5.95 Å². The summed E-state index contributed by atoms with van der Waals surface area (Å²) in [4.78, 5) is 11.4. The van der Waals surface area contributed by atoms with Gasteiger partial charge < -0.3 is 10.1 Å². The van der Waals surface area contributed by atoms with Crippen LogP contribution in [-0.4, -0.2) is 48.2 Å². The number of fused-ring (bicyclic) bond motifs is 5. The smallest absolute Gasteiger partial charge is 0.223 e. The molecule has 0 fully saturated rings. The zero-order chi connectivity index (χ0) is 19.6. The molecule has 1 aromatic carbocycles. The zero-order valence-electron chi connectivity index (χ0n) is 16.9. The maximum atomic E-state index is 5.91. The third-order valence-electron chi connectivity index (χ3n) is 4.62. The van der Waals surface area contributed by atoms with Gasteiger partial charge in [0.2, 0.25) is 5.95 Å². The van der Waals surface area contributed by atoms with E-state index in [0.717, 1.165) is 55.9 Å². The van der Waals surface area contributed by atoms with Crippen molar-refractivity contribution in [3.63, 3.8) is 0 Å². The minimum Gasteiger partial charge on any atom is -0.493 e. The van der Waals surface area contributed by atoms with Crippen molar-refractivity contribution >= 4 is 5.95 Å². The first kappa shape index (κ1) is 20.1. The third kappa shape index (κ3) is 6.20. The van der Waals surface area contributed by atoms with Crippen LogP contribution in [0.5, 0.6) is 5.75 Å². The van der Waals surface area contributed by atoms with E-state index in [-0.39, 0.29) is 0 Å². The molecule has 148 valence electrons. The largest absolute Gasteiger partial charge is 0.493 e. The van der Waals surface area contributed by atoms with Crippen molar-refractivity contribution in [1.82, 2.24) is 14.9 Å². The molecule has 28 heavy (non-hydrogen) atoms. The molecule has 0 radical (unpaired) electrons. The minimum absolute atomic E-state index is 0.647. The molecule has 1 aromatic heterocycles. The van der Waals surface area contributed by atoms with E-state index in [1.54, 1.807) is 6.20 Å². The summed E-state index contributed by atoms with van der Waals surface area (Å²) in [6, 6.07) is 10.00. The van der Waals surface area contributed by atoms with E-state index in [1.165, 1.54) is 5.57 Å². The van der Waals surface area contributed by atoms with Crippen molar-refractivity contribution in [3.05, 3.63) is 60.3 Å². The summed E-state index contributed by atoms with van der Waals surface area (Å²) < 4.78 is 5.91. The molecule has 1 N–H and O–H groups in total. The lowest BCUT2D eigenvalue weighted by Gasteiger charge is -2.17. The minimum atomic E-state index is 0.647. The fourth-order valence-electron chi connectivity index (χ4n) is 3.23. The van der Waals surface area contributed by atoms with Crippen LogP contribution < -0.4 is 10.1 Å². The molecule has 5 nitrogen and oxygen atoms in total. The Kier molecular flexibility index (Phi) is 7.62. The summed E-state index contributed by atoms with van der Waals surface area (Å²) in [5.74, 6) is 1.51. The van der Waals surface area contributed by atoms with Crippen molar-refractivity contribution in [3.8, 4) is 17.0 Å². The van der Waals surface area contributed by atoms with Crippen LogP contribution in [0, 0.1) is 0 Å². The first-order valence-corrected chi connectivity index (χ1v) is 10.1. The van der Waals surface area contributed by atoms with E-state index < -0.39 is 0 Å². The number of ether oxygens (including phenoxy) is 1. The van der Waals surface area contributed by atoms with Crippen LogP contribution in [0.25, 0.3) is 11.3 Å². The Morgan fingerprint density at radius 2 is 2.14 bits per heavy atom. The lowest BCUT2D eigenvalue weighted by atomic mass is 10.1. The molecule has 1 aliphatic heterocycles. The van der Waals surface area contributed by atoms with Gasteiger partial charge in [-0.3, -0.25) is 4.90 Å².